The zero-order valence-electron chi connectivity index (χ0n) is 19.0. The molecule has 1 aliphatic heterocycles. The van der Waals surface area contributed by atoms with Crippen LogP contribution in [0, 0.1) is 0 Å². The molecule has 8 heteroatoms. The van der Waals surface area contributed by atoms with Gasteiger partial charge in [0.2, 0.25) is 0 Å². The molecule has 4 rings (SSSR count). The van der Waals surface area contributed by atoms with Crippen molar-refractivity contribution >= 4 is 12.0 Å². The second-order valence-electron chi connectivity index (χ2n) is 7.96. The lowest BCUT2D eigenvalue weighted by Gasteiger charge is -2.38. The van der Waals surface area contributed by atoms with Crippen LogP contribution in [0.25, 0.3) is 6.08 Å². The van der Waals surface area contributed by atoms with E-state index in [2.05, 4.69) is 73.9 Å². The molecule has 2 heterocycles. The maximum atomic E-state index is 12.1. The second-order valence-corrected chi connectivity index (χ2v) is 7.96. The van der Waals surface area contributed by atoms with Crippen molar-refractivity contribution in [2.75, 3.05) is 39.3 Å². The molecule has 0 aliphatic carbocycles. The monoisotopic (exact) mass is 446 g/mol. The van der Waals surface area contributed by atoms with Crippen molar-refractivity contribution in [1.82, 2.24) is 30.0 Å². The number of rotatable bonds is 9. The number of carbonyl (C=O) groups excluding carboxylic acids is 1. The van der Waals surface area contributed by atoms with Crippen LogP contribution in [0.15, 0.2) is 66.7 Å². The molecule has 2 aromatic carbocycles. The van der Waals surface area contributed by atoms with Gasteiger partial charge in [-0.15, -0.1) is 5.10 Å². The molecule has 0 bridgehead atoms. The minimum atomic E-state index is -0.340. The molecule has 33 heavy (non-hydrogen) atoms. The lowest BCUT2D eigenvalue weighted by atomic mass is 10.0. The van der Waals surface area contributed by atoms with E-state index in [-0.39, 0.29) is 18.6 Å². The Labute approximate surface area is 194 Å². The van der Waals surface area contributed by atoms with Crippen molar-refractivity contribution < 1.29 is 9.53 Å². The van der Waals surface area contributed by atoms with Gasteiger partial charge in [-0.2, -0.15) is 0 Å². The van der Waals surface area contributed by atoms with Crippen LogP contribution in [-0.2, 0) is 16.1 Å². The summed E-state index contributed by atoms with van der Waals surface area (Å²) in [5, 5.41) is 12.3. The third-order valence-electron chi connectivity index (χ3n) is 5.75. The number of carbonyl (C=O) groups is 1. The highest BCUT2D eigenvalue weighted by atomic mass is 16.5. The highest BCUT2D eigenvalue weighted by molar-refractivity contribution is 5.69. The van der Waals surface area contributed by atoms with E-state index in [1.807, 2.05) is 24.3 Å². The van der Waals surface area contributed by atoms with Gasteiger partial charge in [-0.1, -0.05) is 72.8 Å². The van der Waals surface area contributed by atoms with Gasteiger partial charge in [-0.25, -0.2) is 4.68 Å². The smallest absolute Gasteiger partial charge is 0.327 e. The predicted octanol–water partition coefficient (Wildman–Crippen LogP) is 2.66. The number of nitrogens with zero attached hydrogens (tertiary/aromatic N) is 6. The number of ether oxygens (including phenoxy) is 1. The maximum absolute atomic E-state index is 12.1. The van der Waals surface area contributed by atoms with Crippen LogP contribution in [0.2, 0.25) is 0 Å². The minimum absolute atomic E-state index is 0.00372. The van der Waals surface area contributed by atoms with Crippen molar-refractivity contribution in [3.05, 3.63) is 83.7 Å². The van der Waals surface area contributed by atoms with Gasteiger partial charge in [-0.05, 0) is 28.5 Å². The van der Waals surface area contributed by atoms with Gasteiger partial charge in [0, 0.05) is 32.7 Å². The van der Waals surface area contributed by atoms with Crippen LogP contribution < -0.4 is 0 Å². The van der Waals surface area contributed by atoms with Crippen LogP contribution in [0.3, 0.4) is 0 Å². The van der Waals surface area contributed by atoms with E-state index in [4.69, 9.17) is 4.74 Å². The Bertz CT molecular complexity index is 1030. The molecule has 3 aromatic rings. The van der Waals surface area contributed by atoms with E-state index < -0.39 is 0 Å². The average molecular weight is 447 g/mol. The molecule has 0 N–H and O–H groups in total. The summed E-state index contributed by atoms with van der Waals surface area (Å²) in [5.41, 5.74) is 2.32. The Morgan fingerprint density at radius 2 is 1.73 bits per heavy atom. The molecule has 0 amide bonds. The molecule has 172 valence electrons. The number of esters is 1. The third-order valence-corrected chi connectivity index (χ3v) is 5.75. The zero-order valence-corrected chi connectivity index (χ0v) is 19.0. The fraction of sp³-hybridized carbons (Fsp3) is 0.360. The summed E-state index contributed by atoms with van der Waals surface area (Å²) in [5.74, 6) is 0.319. The van der Waals surface area contributed by atoms with E-state index in [0.717, 1.165) is 38.3 Å². The summed E-state index contributed by atoms with van der Waals surface area (Å²) in [7, 11) is 0. The van der Waals surface area contributed by atoms with E-state index in [0.29, 0.717) is 12.4 Å². The van der Waals surface area contributed by atoms with Crippen molar-refractivity contribution in [2.45, 2.75) is 19.5 Å². The van der Waals surface area contributed by atoms with Gasteiger partial charge in [0.15, 0.2) is 5.82 Å². The summed E-state index contributed by atoms with van der Waals surface area (Å²) >= 11 is 0. The molecule has 8 nitrogen and oxygen atoms in total. The summed E-state index contributed by atoms with van der Waals surface area (Å²) in [4.78, 5) is 16.9. The van der Waals surface area contributed by atoms with Crippen LogP contribution in [0.1, 0.15) is 29.9 Å². The van der Waals surface area contributed by atoms with Crippen molar-refractivity contribution in [2.24, 2.45) is 0 Å². The summed E-state index contributed by atoms with van der Waals surface area (Å²) < 4.78 is 6.66. The van der Waals surface area contributed by atoms with E-state index in [1.54, 1.807) is 11.6 Å². The minimum Gasteiger partial charge on any atom is -0.465 e. The number of aromatic nitrogens is 4. The molecular weight excluding hydrogens is 416 g/mol. The molecule has 1 aromatic heterocycles. The second kappa shape index (κ2) is 11.5. The lowest BCUT2D eigenvalue weighted by Crippen LogP contribution is -2.48. The Hall–Kier alpha value is -3.36. The maximum Gasteiger partial charge on any atom is 0.327 e. The van der Waals surface area contributed by atoms with Crippen molar-refractivity contribution in [1.29, 1.82) is 0 Å². The Kier molecular flexibility index (Phi) is 7.94. The molecule has 1 aliphatic rings. The van der Waals surface area contributed by atoms with E-state index >= 15 is 0 Å². The highest BCUT2D eigenvalue weighted by Gasteiger charge is 2.30. The van der Waals surface area contributed by atoms with Crippen LogP contribution in [0.5, 0.6) is 0 Å². The van der Waals surface area contributed by atoms with Gasteiger partial charge in [0.05, 0.1) is 12.6 Å². The molecule has 1 atom stereocenters. The average Bonchev–Trinajstić information content (AvgIpc) is 3.29. The van der Waals surface area contributed by atoms with E-state index in [1.165, 1.54) is 5.56 Å². The van der Waals surface area contributed by atoms with Gasteiger partial charge >= 0.3 is 5.97 Å². The largest absolute Gasteiger partial charge is 0.465 e. The summed E-state index contributed by atoms with van der Waals surface area (Å²) in [6.45, 7) is 6.70. The number of tetrazole rings is 1. The normalized spacial score (nSPS) is 16.2. The number of hydrogen-bond donors (Lipinski definition) is 0. The highest BCUT2D eigenvalue weighted by Crippen LogP contribution is 2.28. The first-order chi connectivity index (χ1) is 16.2. The Morgan fingerprint density at radius 1 is 1.03 bits per heavy atom. The van der Waals surface area contributed by atoms with Crippen LogP contribution in [-0.4, -0.2) is 75.3 Å². The number of hydrogen-bond acceptors (Lipinski definition) is 7. The first-order valence-corrected chi connectivity index (χ1v) is 11.4. The molecule has 1 fully saturated rings. The molecular formula is C25H30N6O2. The molecule has 0 spiro atoms. The first kappa shape index (κ1) is 22.8. The fourth-order valence-electron chi connectivity index (χ4n) is 4.11. The van der Waals surface area contributed by atoms with Gasteiger partial charge in [0.25, 0.3) is 0 Å². The van der Waals surface area contributed by atoms with Crippen LogP contribution in [0.4, 0.5) is 0 Å². The Balaban J connectivity index is 1.45. The topological polar surface area (TPSA) is 76.4 Å². The predicted molar refractivity (Wildman–Crippen MR) is 126 cm³/mol. The summed E-state index contributed by atoms with van der Waals surface area (Å²) in [6, 6.07) is 20.4. The van der Waals surface area contributed by atoms with E-state index in [9.17, 15) is 4.79 Å². The lowest BCUT2D eigenvalue weighted by molar-refractivity contribution is -0.144. The standard InChI is InChI=1S/C25H30N6O2/c1-2-33-23(32)20-31-25(26-27-28-31)24(22-13-7-4-8-14-22)30-18-16-29(17-19-30)15-9-12-21-10-5-3-6-11-21/h3-14,24H,2,15-20H2,1H3/b12-9+/t24-/m1/s1. The third kappa shape index (κ3) is 6.12. The summed E-state index contributed by atoms with van der Waals surface area (Å²) in [6.07, 6.45) is 4.39. The van der Waals surface area contributed by atoms with Gasteiger partial charge in [-0.3, -0.25) is 14.6 Å². The zero-order chi connectivity index (χ0) is 22.9. The molecule has 0 radical (unpaired) electrons. The molecule has 0 saturated carbocycles. The Morgan fingerprint density at radius 3 is 2.42 bits per heavy atom. The van der Waals surface area contributed by atoms with Gasteiger partial charge < -0.3 is 4.74 Å². The molecule has 0 unspecified atom stereocenters. The van der Waals surface area contributed by atoms with Crippen molar-refractivity contribution in [3.8, 4) is 0 Å². The number of benzene rings is 2. The molecule has 1 saturated heterocycles. The first-order valence-electron chi connectivity index (χ1n) is 11.4. The quantitative estimate of drug-likeness (QED) is 0.468. The van der Waals surface area contributed by atoms with Crippen molar-refractivity contribution in [3.63, 3.8) is 0 Å². The fourth-order valence-corrected chi connectivity index (χ4v) is 4.11. The van der Waals surface area contributed by atoms with Gasteiger partial charge in [0.1, 0.15) is 6.54 Å². The SMILES string of the molecule is CCOC(=O)Cn1nnnc1[C@@H](c1ccccc1)N1CCN(C/C=C/c2ccccc2)CC1. The number of piperazine rings is 1. The van der Waals surface area contributed by atoms with Crippen LogP contribution >= 0.6 is 0 Å².